The van der Waals surface area contributed by atoms with Crippen molar-refractivity contribution in [2.75, 3.05) is 13.2 Å². The summed E-state index contributed by atoms with van der Waals surface area (Å²) in [5, 5.41) is 6.85. The summed E-state index contributed by atoms with van der Waals surface area (Å²) >= 11 is 0. The number of urea groups is 1. The third-order valence-electron chi connectivity index (χ3n) is 3.81. The highest BCUT2D eigenvalue weighted by atomic mass is 16.5. The molecule has 1 aromatic heterocycles. The number of fused-ring (bicyclic) bond motifs is 3. The van der Waals surface area contributed by atoms with Gasteiger partial charge in [-0.15, -0.1) is 0 Å². The molecular weight excluding hydrogens is 280 g/mol. The van der Waals surface area contributed by atoms with Gasteiger partial charge in [0.05, 0.1) is 12.9 Å². The lowest BCUT2D eigenvalue weighted by molar-refractivity contribution is 0.238. The molecule has 0 aliphatic carbocycles. The number of rotatable bonds is 4. The Morgan fingerprint density at radius 2 is 2.23 bits per heavy atom. The molecule has 0 saturated heterocycles. The fourth-order valence-electron chi connectivity index (χ4n) is 2.87. The molecule has 1 aromatic carbocycles. The Bertz CT molecular complexity index is 676. The van der Waals surface area contributed by atoms with E-state index < -0.39 is 0 Å². The van der Waals surface area contributed by atoms with Gasteiger partial charge in [-0.05, 0) is 45.2 Å². The molecule has 5 nitrogen and oxygen atoms in total. The van der Waals surface area contributed by atoms with Crippen LogP contribution in [0.2, 0.25) is 0 Å². The second-order valence-corrected chi connectivity index (χ2v) is 5.93. The second kappa shape index (κ2) is 6.30. The molecule has 2 amide bonds. The van der Waals surface area contributed by atoms with Crippen molar-refractivity contribution in [2.24, 2.45) is 0 Å². The monoisotopic (exact) mass is 302 g/mol. The van der Waals surface area contributed by atoms with E-state index in [-0.39, 0.29) is 12.1 Å². The smallest absolute Gasteiger partial charge is 0.314 e. The molecule has 0 bridgehead atoms. The number of carbonyl (C=O) groups is 1. The van der Waals surface area contributed by atoms with Crippen LogP contribution in [-0.4, -0.2) is 25.2 Å². The largest absolute Gasteiger partial charge is 0.493 e. The van der Waals surface area contributed by atoms with Crippen molar-refractivity contribution in [3.05, 3.63) is 29.5 Å². The topological polar surface area (TPSA) is 63.5 Å². The van der Waals surface area contributed by atoms with Gasteiger partial charge in [-0.1, -0.05) is 0 Å². The molecule has 0 unspecified atom stereocenters. The average Bonchev–Trinajstić information content (AvgIpc) is 2.90. The van der Waals surface area contributed by atoms with Crippen molar-refractivity contribution in [3.63, 3.8) is 0 Å². The van der Waals surface area contributed by atoms with Crippen LogP contribution in [0.4, 0.5) is 4.79 Å². The Morgan fingerprint density at radius 3 is 3.05 bits per heavy atom. The van der Waals surface area contributed by atoms with Gasteiger partial charge in [-0.2, -0.15) is 0 Å². The van der Waals surface area contributed by atoms with E-state index in [9.17, 15) is 4.79 Å². The quantitative estimate of drug-likeness (QED) is 0.912. The maximum absolute atomic E-state index is 11.6. The first kappa shape index (κ1) is 14.8. The summed E-state index contributed by atoms with van der Waals surface area (Å²) in [7, 11) is 0. The minimum Gasteiger partial charge on any atom is -0.493 e. The molecule has 0 radical (unpaired) electrons. The molecule has 1 aliphatic heterocycles. The van der Waals surface area contributed by atoms with Crippen molar-refractivity contribution in [1.29, 1.82) is 0 Å². The molecule has 0 fully saturated rings. The number of aryl methyl sites for hydroxylation is 1. The van der Waals surface area contributed by atoms with E-state index in [0.717, 1.165) is 48.2 Å². The number of carbonyl (C=O) groups excluding carboxylic acids is 1. The number of furan rings is 1. The van der Waals surface area contributed by atoms with Gasteiger partial charge in [0.15, 0.2) is 0 Å². The molecule has 0 spiro atoms. The van der Waals surface area contributed by atoms with Gasteiger partial charge in [-0.3, -0.25) is 0 Å². The summed E-state index contributed by atoms with van der Waals surface area (Å²) in [6.07, 6.45) is 4.59. The Hall–Kier alpha value is -2.17. The van der Waals surface area contributed by atoms with E-state index in [2.05, 4.69) is 10.6 Å². The van der Waals surface area contributed by atoms with Gasteiger partial charge in [0.2, 0.25) is 0 Å². The molecular formula is C17H22N2O3. The molecule has 1 aliphatic rings. The minimum absolute atomic E-state index is 0.131. The lowest BCUT2D eigenvalue weighted by Gasteiger charge is -2.18. The maximum atomic E-state index is 11.6. The predicted octanol–water partition coefficient (Wildman–Crippen LogP) is 3.01. The third-order valence-corrected chi connectivity index (χ3v) is 3.81. The molecule has 2 aromatic rings. The summed E-state index contributed by atoms with van der Waals surface area (Å²) in [4.78, 5) is 11.6. The van der Waals surface area contributed by atoms with Crippen LogP contribution >= 0.6 is 0 Å². The van der Waals surface area contributed by atoms with E-state index in [4.69, 9.17) is 9.15 Å². The number of amides is 2. The van der Waals surface area contributed by atoms with Crippen molar-refractivity contribution in [3.8, 4) is 5.75 Å². The molecule has 0 atom stereocenters. The van der Waals surface area contributed by atoms with Gasteiger partial charge >= 0.3 is 6.03 Å². The van der Waals surface area contributed by atoms with Crippen molar-refractivity contribution in [2.45, 2.75) is 39.2 Å². The summed E-state index contributed by atoms with van der Waals surface area (Å²) in [6.45, 7) is 5.24. The molecule has 22 heavy (non-hydrogen) atoms. The van der Waals surface area contributed by atoms with Crippen molar-refractivity contribution >= 4 is 17.0 Å². The Morgan fingerprint density at radius 1 is 1.36 bits per heavy atom. The second-order valence-electron chi connectivity index (χ2n) is 5.93. The zero-order valence-corrected chi connectivity index (χ0v) is 13.1. The SMILES string of the molecule is CC(C)NC(=O)NCCc1coc2ccc3c(c12)CCCO3. The average molecular weight is 302 g/mol. The molecule has 5 heteroatoms. The summed E-state index contributed by atoms with van der Waals surface area (Å²) in [6, 6.07) is 3.95. The van der Waals surface area contributed by atoms with E-state index in [1.807, 2.05) is 26.0 Å². The zero-order valence-electron chi connectivity index (χ0n) is 13.1. The van der Waals surface area contributed by atoms with E-state index in [1.54, 1.807) is 6.26 Å². The third kappa shape index (κ3) is 3.03. The van der Waals surface area contributed by atoms with Crippen molar-refractivity contribution in [1.82, 2.24) is 10.6 Å². The molecule has 118 valence electrons. The maximum Gasteiger partial charge on any atom is 0.314 e. The Kier molecular flexibility index (Phi) is 4.22. The summed E-state index contributed by atoms with van der Waals surface area (Å²) in [5.41, 5.74) is 3.26. The predicted molar refractivity (Wildman–Crippen MR) is 85.4 cm³/mol. The van der Waals surface area contributed by atoms with Gasteiger partial charge in [-0.25, -0.2) is 4.79 Å². The number of hydrogen-bond donors (Lipinski definition) is 2. The van der Waals surface area contributed by atoms with Gasteiger partial charge in [0, 0.05) is 29.1 Å². The van der Waals surface area contributed by atoms with Crippen LogP contribution in [0.3, 0.4) is 0 Å². The number of nitrogens with one attached hydrogen (secondary N) is 2. The van der Waals surface area contributed by atoms with Crippen LogP contribution in [0.15, 0.2) is 22.8 Å². The lowest BCUT2D eigenvalue weighted by atomic mass is 9.98. The first-order chi connectivity index (χ1) is 10.6. The normalized spacial score (nSPS) is 13.8. The van der Waals surface area contributed by atoms with Crippen LogP contribution in [0.5, 0.6) is 5.75 Å². The zero-order chi connectivity index (χ0) is 15.5. The fraction of sp³-hybridized carbons (Fsp3) is 0.471. The molecule has 0 saturated carbocycles. The highest BCUT2D eigenvalue weighted by Crippen LogP contribution is 2.35. The van der Waals surface area contributed by atoms with Crippen LogP contribution in [-0.2, 0) is 12.8 Å². The Balaban J connectivity index is 1.73. The summed E-state index contributed by atoms with van der Waals surface area (Å²) in [5.74, 6) is 0.965. The van der Waals surface area contributed by atoms with Crippen LogP contribution in [0, 0.1) is 0 Å². The lowest BCUT2D eigenvalue weighted by Crippen LogP contribution is -2.40. The molecule has 3 rings (SSSR count). The molecule has 2 heterocycles. The first-order valence-electron chi connectivity index (χ1n) is 7.84. The number of hydrogen-bond acceptors (Lipinski definition) is 3. The van der Waals surface area contributed by atoms with Crippen LogP contribution in [0.25, 0.3) is 11.0 Å². The van der Waals surface area contributed by atoms with E-state index in [0.29, 0.717) is 6.54 Å². The number of benzene rings is 1. The minimum atomic E-state index is -0.131. The van der Waals surface area contributed by atoms with Gasteiger partial charge < -0.3 is 19.8 Å². The first-order valence-corrected chi connectivity index (χ1v) is 7.84. The van der Waals surface area contributed by atoms with E-state index in [1.165, 1.54) is 5.56 Å². The van der Waals surface area contributed by atoms with Gasteiger partial charge in [0.25, 0.3) is 0 Å². The van der Waals surface area contributed by atoms with Crippen LogP contribution < -0.4 is 15.4 Å². The fourth-order valence-corrected chi connectivity index (χ4v) is 2.87. The standard InChI is InChI=1S/C17H22N2O3/c1-11(2)19-17(20)18-8-7-12-10-22-15-6-5-14-13(16(12)15)4-3-9-21-14/h5-6,10-11H,3-4,7-9H2,1-2H3,(H2,18,19,20). The molecule has 2 N–H and O–H groups in total. The number of ether oxygens (including phenoxy) is 1. The highest BCUT2D eigenvalue weighted by Gasteiger charge is 2.18. The van der Waals surface area contributed by atoms with Crippen LogP contribution in [0.1, 0.15) is 31.4 Å². The Labute approximate surface area is 130 Å². The van der Waals surface area contributed by atoms with E-state index >= 15 is 0 Å². The summed E-state index contributed by atoms with van der Waals surface area (Å²) < 4.78 is 11.4. The van der Waals surface area contributed by atoms with Gasteiger partial charge in [0.1, 0.15) is 11.3 Å². The van der Waals surface area contributed by atoms with Crippen molar-refractivity contribution < 1.29 is 13.9 Å². The highest BCUT2D eigenvalue weighted by molar-refractivity contribution is 5.87.